The average molecular weight is 386 g/mol. The molecule has 0 spiro atoms. The van der Waals surface area contributed by atoms with Crippen LogP contribution in [-0.2, 0) is 6.18 Å². The Morgan fingerprint density at radius 2 is 1.62 bits per heavy atom. The Bertz CT molecular complexity index is 675. The molecule has 1 aromatic carbocycles. The first-order valence-electron chi connectivity index (χ1n) is 8.45. The van der Waals surface area contributed by atoms with Crippen LogP contribution >= 0.6 is 11.3 Å². The van der Waals surface area contributed by atoms with Gasteiger partial charge in [0.25, 0.3) is 0 Å². The number of aromatic carboxylic acids is 1. The molecule has 1 aliphatic heterocycles. The van der Waals surface area contributed by atoms with Gasteiger partial charge in [0.1, 0.15) is 5.01 Å². The van der Waals surface area contributed by atoms with Crippen LogP contribution in [0.5, 0.6) is 0 Å². The smallest absolute Gasteiger partial charge is 0.416 e. The standard InChI is InChI=1S/C11H6F3NO2S.C7H15N/c12-11(13,14)7-3-1-6(2-4-7)9-15-8(5-18-9)10(16)17;1-2-4-6-8-7-5-3-1/h1-5H,(H,16,17);8H,1-7H2. The molecule has 0 atom stereocenters. The molecule has 1 fully saturated rings. The molecular formula is C18H21F3N2O2S. The summed E-state index contributed by atoms with van der Waals surface area (Å²) in [5.41, 5.74) is -0.406. The molecule has 3 rings (SSSR count). The van der Waals surface area contributed by atoms with Crippen LogP contribution in [0.3, 0.4) is 0 Å². The molecular weight excluding hydrogens is 365 g/mol. The van der Waals surface area contributed by atoms with Gasteiger partial charge in [-0.15, -0.1) is 11.3 Å². The van der Waals surface area contributed by atoms with Gasteiger partial charge in [-0.25, -0.2) is 9.78 Å². The lowest BCUT2D eigenvalue weighted by molar-refractivity contribution is -0.137. The zero-order chi connectivity index (χ0) is 19.0. The lowest BCUT2D eigenvalue weighted by Gasteiger charge is -2.08. The summed E-state index contributed by atoms with van der Waals surface area (Å²) in [6, 6.07) is 4.43. The zero-order valence-electron chi connectivity index (χ0n) is 14.2. The van der Waals surface area contributed by atoms with Gasteiger partial charge in [-0.1, -0.05) is 31.4 Å². The van der Waals surface area contributed by atoms with Gasteiger partial charge in [-0.3, -0.25) is 0 Å². The fraction of sp³-hybridized carbons (Fsp3) is 0.444. The zero-order valence-corrected chi connectivity index (χ0v) is 15.0. The first-order chi connectivity index (χ1) is 12.4. The Hall–Kier alpha value is -1.93. The predicted octanol–water partition coefficient (Wildman–Crippen LogP) is 5.07. The summed E-state index contributed by atoms with van der Waals surface area (Å²) < 4.78 is 37.0. The summed E-state index contributed by atoms with van der Waals surface area (Å²) in [5.74, 6) is -1.16. The van der Waals surface area contributed by atoms with Gasteiger partial charge in [0.15, 0.2) is 5.69 Å². The number of carbonyl (C=O) groups is 1. The van der Waals surface area contributed by atoms with E-state index in [1.807, 2.05) is 0 Å². The minimum Gasteiger partial charge on any atom is -0.476 e. The highest BCUT2D eigenvalue weighted by atomic mass is 32.1. The molecule has 0 saturated carbocycles. The second-order valence-corrected chi connectivity index (χ2v) is 6.79. The molecule has 0 aliphatic carbocycles. The fourth-order valence-electron chi connectivity index (χ4n) is 2.46. The molecule has 8 heteroatoms. The second kappa shape index (κ2) is 9.68. The highest BCUT2D eigenvalue weighted by Crippen LogP contribution is 2.31. The highest BCUT2D eigenvalue weighted by molar-refractivity contribution is 7.13. The van der Waals surface area contributed by atoms with E-state index in [1.54, 1.807) is 0 Å². The normalized spacial score (nSPS) is 15.3. The van der Waals surface area contributed by atoms with Crippen molar-refractivity contribution >= 4 is 17.3 Å². The van der Waals surface area contributed by atoms with Crippen molar-refractivity contribution < 1.29 is 23.1 Å². The number of hydrogen-bond donors (Lipinski definition) is 2. The van der Waals surface area contributed by atoms with Crippen LogP contribution in [0.15, 0.2) is 29.6 Å². The summed E-state index contributed by atoms with van der Waals surface area (Å²) in [5, 5.41) is 13.8. The molecule has 142 valence electrons. The van der Waals surface area contributed by atoms with Gasteiger partial charge in [-0.2, -0.15) is 13.2 Å². The molecule has 4 nitrogen and oxygen atoms in total. The SMILES string of the molecule is C1CCCNCCC1.O=C(O)c1csc(-c2ccc(C(F)(F)F)cc2)n1. The van der Waals surface area contributed by atoms with Gasteiger partial charge >= 0.3 is 12.1 Å². The van der Waals surface area contributed by atoms with Crippen molar-refractivity contribution in [1.29, 1.82) is 0 Å². The topological polar surface area (TPSA) is 62.2 Å². The van der Waals surface area contributed by atoms with Gasteiger partial charge in [0.05, 0.1) is 5.56 Å². The average Bonchev–Trinajstić information content (AvgIpc) is 3.04. The first kappa shape index (κ1) is 20.4. The Kier molecular flexibility index (Phi) is 7.59. The van der Waals surface area contributed by atoms with Crippen LogP contribution < -0.4 is 5.32 Å². The number of alkyl halides is 3. The fourth-order valence-corrected chi connectivity index (χ4v) is 3.26. The molecule has 2 aromatic rings. The maximum atomic E-state index is 12.3. The van der Waals surface area contributed by atoms with Crippen LogP contribution in [0.4, 0.5) is 13.2 Å². The molecule has 2 N–H and O–H groups in total. The Labute approximate surface area is 154 Å². The van der Waals surface area contributed by atoms with Crippen molar-refractivity contribution in [2.45, 2.75) is 38.3 Å². The van der Waals surface area contributed by atoms with E-state index in [0.29, 0.717) is 10.6 Å². The van der Waals surface area contributed by atoms with Gasteiger partial charge < -0.3 is 10.4 Å². The number of nitrogens with one attached hydrogen (secondary N) is 1. The number of benzene rings is 1. The summed E-state index contributed by atoms with van der Waals surface area (Å²) in [6.07, 6.45) is 2.73. The largest absolute Gasteiger partial charge is 0.476 e. The Morgan fingerprint density at radius 3 is 2.12 bits per heavy atom. The lowest BCUT2D eigenvalue weighted by Crippen LogP contribution is -2.18. The number of rotatable bonds is 2. The monoisotopic (exact) mass is 386 g/mol. The van der Waals surface area contributed by atoms with Crippen molar-refractivity contribution in [2.75, 3.05) is 13.1 Å². The number of thiazole rings is 1. The van der Waals surface area contributed by atoms with Crippen molar-refractivity contribution in [2.24, 2.45) is 0 Å². The molecule has 0 unspecified atom stereocenters. The van der Waals surface area contributed by atoms with Gasteiger partial charge in [-0.05, 0) is 38.1 Å². The van der Waals surface area contributed by atoms with Crippen LogP contribution in [0, 0.1) is 0 Å². The summed E-state index contributed by atoms with van der Waals surface area (Å²) in [4.78, 5) is 14.4. The maximum absolute atomic E-state index is 12.3. The Balaban J connectivity index is 0.000000254. The van der Waals surface area contributed by atoms with Crippen molar-refractivity contribution in [3.8, 4) is 10.6 Å². The summed E-state index contributed by atoms with van der Waals surface area (Å²) >= 11 is 1.07. The van der Waals surface area contributed by atoms with E-state index in [-0.39, 0.29) is 5.69 Å². The third-order valence-electron chi connectivity index (χ3n) is 3.89. The summed E-state index contributed by atoms with van der Waals surface area (Å²) in [7, 11) is 0. The van der Waals surface area contributed by atoms with E-state index in [1.165, 1.54) is 62.7 Å². The van der Waals surface area contributed by atoms with E-state index in [9.17, 15) is 18.0 Å². The second-order valence-electron chi connectivity index (χ2n) is 5.94. The quantitative estimate of drug-likeness (QED) is 0.757. The van der Waals surface area contributed by atoms with E-state index >= 15 is 0 Å². The molecule has 1 saturated heterocycles. The summed E-state index contributed by atoms with van der Waals surface area (Å²) in [6.45, 7) is 2.50. The number of carboxylic acids is 1. The van der Waals surface area contributed by atoms with Crippen LogP contribution in [0.25, 0.3) is 10.6 Å². The van der Waals surface area contributed by atoms with E-state index < -0.39 is 17.7 Å². The molecule has 0 bridgehead atoms. The minimum absolute atomic E-state index is 0.116. The van der Waals surface area contributed by atoms with Crippen molar-refractivity contribution in [1.82, 2.24) is 10.3 Å². The number of halogens is 3. The molecule has 2 heterocycles. The van der Waals surface area contributed by atoms with E-state index in [2.05, 4.69) is 10.3 Å². The van der Waals surface area contributed by atoms with Crippen LogP contribution in [-0.4, -0.2) is 29.1 Å². The minimum atomic E-state index is -4.38. The molecule has 26 heavy (non-hydrogen) atoms. The van der Waals surface area contributed by atoms with E-state index in [4.69, 9.17) is 5.11 Å². The molecule has 1 aliphatic rings. The molecule has 0 radical (unpaired) electrons. The van der Waals surface area contributed by atoms with Crippen LogP contribution in [0.1, 0.15) is 48.2 Å². The number of aromatic nitrogens is 1. The number of carboxylic acid groups (broad SMARTS) is 1. The van der Waals surface area contributed by atoms with Crippen molar-refractivity contribution in [3.05, 3.63) is 40.9 Å². The number of hydrogen-bond acceptors (Lipinski definition) is 4. The van der Waals surface area contributed by atoms with Crippen LogP contribution in [0.2, 0.25) is 0 Å². The molecule has 1 aromatic heterocycles. The maximum Gasteiger partial charge on any atom is 0.416 e. The van der Waals surface area contributed by atoms with Gasteiger partial charge in [0.2, 0.25) is 0 Å². The Morgan fingerprint density at radius 1 is 1.04 bits per heavy atom. The van der Waals surface area contributed by atoms with E-state index in [0.717, 1.165) is 23.5 Å². The van der Waals surface area contributed by atoms with Crippen molar-refractivity contribution in [3.63, 3.8) is 0 Å². The lowest BCUT2D eigenvalue weighted by atomic mass is 10.1. The highest BCUT2D eigenvalue weighted by Gasteiger charge is 2.30. The third kappa shape index (κ3) is 6.42. The predicted molar refractivity (Wildman–Crippen MR) is 95.5 cm³/mol. The third-order valence-corrected chi connectivity index (χ3v) is 4.78. The number of nitrogens with zero attached hydrogens (tertiary/aromatic N) is 1. The first-order valence-corrected chi connectivity index (χ1v) is 9.33. The van der Waals surface area contributed by atoms with Gasteiger partial charge in [0, 0.05) is 10.9 Å². The molecule has 0 amide bonds.